The second-order valence-electron chi connectivity index (χ2n) is 4.57. The van der Waals surface area contributed by atoms with Gasteiger partial charge in [-0.25, -0.2) is 9.37 Å². The van der Waals surface area contributed by atoms with Crippen LogP contribution in [0.25, 0.3) is 0 Å². The highest BCUT2D eigenvalue weighted by Gasteiger charge is 2.32. The molecular formula is C15H7Cl3F4N2O3. The molecule has 5 nitrogen and oxygen atoms in total. The molecule has 1 amide bonds. The lowest BCUT2D eigenvalue weighted by atomic mass is 10.2. The lowest BCUT2D eigenvalue weighted by Crippen LogP contribution is -2.15. The van der Waals surface area contributed by atoms with Crippen molar-refractivity contribution in [1.82, 2.24) is 4.98 Å². The maximum absolute atomic E-state index is 12.7. The summed E-state index contributed by atoms with van der Waals surface area (Å²) >= 11 is 14.6. The van der Waals surface area contributed by atoms with E-state index in [0.717, 1.165) is 12.1 Å². The van der Waals surface area contributed by atoms with Gasteiger partial charge in [0.1, 0.15) is 11.0 Å². The van der Waals surface area contributed by atoms with Gasteiger partial charge in [-0.05, 0) is 53.5 Å². The highest BCUT2D eigenvalue weighted by Crippen LogP contribution is 2.30. The molecule has 0 atom stereocenters. The normalized spacial score (nSPS) is 10.5. The first-order valence-corrected chi connectivity index (χ1v) is 7.74. The Balaban J connectivity index is 0.000000527. The van der Waals surface area contributed by atoms with Crippen molar-refractivity contribution in [3.8, 4) is 0 Å². The molecule has 2 rings (SSSR count). The molecule has 1 heterocycles. The highest BCUT2D eigenvalue weighted by molar-refractivity contribution is 6.97. The van der Waals surface area contributed by atoms with Crippen molar-refractivity contribution in [3.05, 3.63) is 58.6 Å². The van der Waals surface area contributed by atoms with E-state index in [1.54, 1.807) is 0 Å². The van der Waals surface area contributed by atoms with E-state index in [0.29, 0.717) is 12.3 Å². The van der Waals surface area contributed by atoms with Crippen LogP contribution in [0.15, 0.2) is 36.5 Å². The van der Waals surface area contributed by atoms with Gasteiger partial charge in [0, 0.05) is 11.9 Å². The van der Waals surface area contributed by atoms with Crippen LogP contribution in [0.3, 0.4) is 0 Å². The average molecular weight is 446 g/mol. The molecule has 0 aliphatic carbocycles. The zero-order valence-corrected chi connectivity index (χ0v) is 15.0. The fourth-order valence-corrected chi connectivity index (χ4v) is 1.68. The Morgan fingerprint density at radius 2 is 1.52 bits per heavy atom. The largest absolute Gasteiger partial charge is 0.417 e. The molecule has 1 aromatic heterocycles. The lowest BCUT2D eigenvalue weighted by molar-refractivity contribution is -0.137. The maximum atomic E-state index is 12.7. The van der Waals surface area contributed by atoms with E-state index in [-0.39, 0.29) is 10.8 Å². The summed E-state index contributed by atoms with van der Waals surface area (Å²) in [6.07, 6.45) is -4.10. The van der Waals surface area contributed by atoms with Gasteiger partial charge >= 0.3 is 16.7 Å². The summed E-state index contributed by atoms with van der Waals surface area (Å²) in [5.74, 6) is -1.38. The summed E-state index contributed by atoms with van der Waals surface area (Å²) < 4.78 is 50.5. The van der Waals surface area contributed by atoms with Crippen LogP contribution in [-0.4, -0.2) is 21.4 Å². The summed E-state index contributed by atoms with van der Waals surface area (Å²) in [7, 11) is 0. The maximum Gasteiger partial charge on any atom is 0.417 e. The van der Waals surface area contributed by atoms with Gasteiger partial charge in [0.2, 0.25) is 0 Å². The van der Waals surface area contributed by atoms with Crippen LogP contribution < -0.4 is 5.32 Å². The van der Waals surface area contributed by atoms with Crippen LogP contribution in [0.4, 0.5) is 23.2 Å². The van der Waals surface area contributed by atoms with Crippen LogP contribution in [0.5, 0.6) is 0 Å². The number of anilines is 1. The zero-order chi connectivity index (χ0) is 20.8. The number of nitrogens with zero attached hydrogens (tertiary/aromatic N) is 1. The van der Waals surface area contributed by atoms with Crippen molar-refractivity contribution >= 4 is 56.9 Å². The van der Waals surface area contributed by atoms with E-state index in [1.165, 1.54) is 12.1 Å². The monoisotopic (exact) mass is 444 g/mol. The fourth-order valence-electron chi connectivity index (χ4n) is 1.49. The molecule has 1 aromatic carbocycles. The third kappa shape index (κ3) is 7.49. The quantitative estimate of drug-likeness (QED) is 0.323. The minimum absolute atomic E-state index is 0.217. The number of carbonyl (C=O) groups excluding carboxylic acids is 3. The molecule has 0 saturated carbocycles. The molecule has 2 aromatic rings. The highest BCUT2D eigenvalue weighted by atomic mass is 35.5. The Morgan fingerprint density at radius 1 is 1.00 bits per heavy atom. The second-order valence-corrected chi connectivity index (χ2v) is 5.61. The molecule has 0 spiro atoms. The Bertz CT molecular complexity index is 846. The van der Waals surface area contributed by atoms with Crippen LogP contribution in [0, 0.1) is 5.82 Å². The number of aromatic nitrogens is 1. The molecule has 0 saturated heterocycles. The minimum atomic E-state index is -4.64. The molecule has 0 radical (unpaired) electrons. The first-order chi connectivity index (χ1) is 12.4. The van der Waals surface area contributed by atoms with Gasteiger partial charge in [-0.15, -0.1) is 0 Å². The fraction of sp³-hybridized carbons (Fsp3) is 0.0667. The topological polar surface area (TPSA) is 76.1 Å². The van der Waals surface area contributed by atoms with Crippen LogP contribution in [-0.2, 0) is 15.8 Å². The van der Waals surface area contributed by atoms with E-state index in [2.05, 4.69) is 33.5 Å². The molecule has 0 unspecified atom stereocenters. The third-order valence-electron chi connectivity index (χ3n) is 2.67. The molecule has 12 heteroatoms. The first-order valence-electron chi connectivity index (χ1n) is 6.60. The SMILES string of the molecule is O=C(Cl)C(=O)Cl.O=C(Nc1ccc(F)cc1)c1cc(C(F)(F)F)cnc1Cl. The van der Waals surface area contributed by atoms with Crippen LogP contribution in [0.1, 0.15) is 15.9 Å². The predicted octanol–water partition coefficient (Wildman–Crippen LogP) is 4.66. The molecule has 0 fully saturated rings. The van der Waals surface area contributed by atoms with E-state index in [9.17, 15) is 31.9 Å². The van der Waals surface area contributed by atoms with Crippen molar-refractivity contribution in [1.29, 1.82) is 0 Å². The number of carbonyl (C=O) groups is 3. The summed E-state index contributed by atoms with van der Waals surface area (Å²) in [6.45, 7) is 0. The second kappa shape index (κ2) is 9.63. The van der Waals surface area contributed by atoms with Gasteiger partial charge in [-0.1, -0.05) is 11.6 Å². The van der Waals surface area contributed by atoms with Crippen molar-refractivity contribution < 1.29 is 31.9 Å². The van der Waals surface area contributed by atoms with Crippen molar-refractivity contribution in [3.63, 3.8) is 0 Å². The van der Waals surface area contributed by atoms with Crippen molar-refractivity contribution in [2.45, 2.75) is 6.18 Å². The van der Waals surface area contributed by atoms with Gasteiger partial charge in [0.25, 0.3) is 5.91 Å². The number of alkyl halides is 3. The van der Waals surface area contributed by atoms with E-state index < -0.39 is 39.5 Å². The number of nitrogens with one attached hydrogen (secondary N) is 1. The number of rotatable bonds is 3. The van der Waals surface area contributed by atoms with Gasteiger partial charge in [-0.3, -0.25) is 14.4 Å². The lowest BCUT2D eigenvalue weighted by Gasteiger charge is -2.10. The molecule has 0 aliphatic heterocycles. The molecule has 0 bridgehead atoms. The number of pyridine rings is 1. The smallest absolute Gasteiger partial charge is 0.322 e. The Labute approximate surface area is 164 Å². The minimum Gasteiger partial charge on any atom is -0.322 e. The summed E-state index contributed by atoms with van der Waals surface area (Å²) in [4.78, 5) is 34.1. The number of hydrogen-bond acceptors (Lipinski definition) is 4. The summed E-state index contributed by atoms with van der Waals surface area (Å²) in [5, 5.41) is -0.335. The van der Waals surface area contributed by atoms with E-state index >= 15 is 0 Å². The first kappa shape index (κ1) is 22.8. The Morgan fingerprint density at radius 3 is 1.96 bits per heavy atom. The van der Waals surface area contributed by atoms with Crippen molar-refractivity contribution in [2.75, 3.05) is 5.32 Å². The molecule has 0 aliphatic rings. The number of hydrogen-bond donors (Lipinski definition) is 1. The molecular weight excluding hydrogens is 439 g/mol. The average Bonchev–Trinajstić information content (AvgIpc) is 2.56. The standard InChI is InChI=1S/C13H7ClF4N2O.C2Cl2O2/c14-11-10(5-7(6-19-11)13(16,17)18)12(21)20-9-3-1-8(15)2-4-9;3-1(5)2(4)6/h1-6H,(H,20,21);. The number of benzene rings is 1. The molecule has 27 heavy (non-hydrogen) atoms. The molecule has 1 N–H and O–H groups in total. The van der Waals surface area contributed by atoms with Gasteiger partial charge < -0.3 is 5.32 Å². The van der Waals surface area contributed by atoms with E-state index in [1.807, 2.05) is 0 Å². The number of halogens is 7. The zero-order valence-electron chi connectivity index (χ0n) is 12.8. The van der Waals surface area contributed by atoms with Crippen LogP contribution in [0.2, 0.25) is 5.15 Å². The Hall–Kier alpha value is -2.23. The summed E-state index contributed by atoms with van der Waals surface area (Å²) in [5.41, 5.74) is -1.29. The number of amides is 1. The van der Waals surface area contributed by atoms with Gasteiger partial charge in [0.05, 0.1) is 11.1 Å². The molecule has 144 valence electrons. The van der Waals surface area contributed by atoms with Crippen LogP contribution >= 0.6 is 34.8 Å². The predicted molar refractivity (Wildman–Crippen MR) is 90.3 cm³/mol. The summed E-state index contributed by atoms with van der Waals surface area (Å²) in [6, 6.07) is 5.34. The van der Waals surface area contributed by atoms with E-state index in [4.69, 9.17) is 11.6 Å². The van der Waals surface area contributed by atoms with Crippen molar-refractivity contribution in [2.24, 2.45) is 0 Å². The third-order valence-corrected chi connectivity index (χ3v) is 3.41. The van der Waals surface area contributed by atoms with Gasteiger partial charge in [0.15, 0.2) is 0 Å². The van der Waals surface area contributed by atoms with Gasteiger partial charge in [-0.2, -0.15) is 13.2 Å². The Kier molecular flexibility index (Phi) is 8.14.